The number of carbonyl (C=O) groups excluding carboxylic acids is 1. The van der Waals surface area contributed by atoms with Gasteiger partial charge < -0.3 is 15.1 Å². The van der Waals surface area contributed by atoms with Gasteiger partial charge in [-0.2, -0.15) is 5.10 Å². The Morgan fingerprint density at radius 3 is 2.58 bits per heavy atom. The summed E-state index contributed by atoms with van der Waals surface area (Å²) >= 11 is 0. The molecule has 1 aromatic carbocycles. The number of hydrogen-bond donors (Lipinski definition) is 2. The van der Waals surface area contributed by atoms with Crippen molar-refractivity contribution in [1.82, 2.24) is 30.0 Å². The second-order valence-electron chi connectivity index (χ2n) is 9.69. The molecular weight excluding hydrogens is 452 g/mol. The number of pyridine rings is 2. The Morgan fingerprint density at radius 1 is 0.972 bits per heavy atom. The quantitative estimate of drug-likeness (QED) is 0.436. The largest absolute Gasteiger partial charge is 0.354 e. The lowest BCUT2D eigenvalue weighted by atomic mass is 10.0. The number of likely N-dealkylation sites (tertiary alicyclic amines) is 1. The number of piperazine rings is 1. The van der Waals surface area contributed by atoms with Crippen LogP contribution in [0.2, 0.25) is 0 Å². The SMILES string of the molecule is CN1CCN(c2ccc(NC(=O)c3n[nH]c4ccc(-c5cncc(CN6CCC6)c5)cc34)cn2)CC1. The Bertz CT molecular complexity index is 1370. The van der Waals surface area contributed by atoms with Crippen molar-refractivity contribution in [2.75, 3.05) is 56.5 Å². The maximum absolute atomic E-state index is 13.1. The van der Waals surface area contributed by atoms with Gasteiger partial charge in [0.1, 0.15) is 5.82 Å². The number of hydrogen-bond acceptors (Lipinski definition) is 7. The summed E-state index contributed by atoms with van der Waals surface area (Å²) in [5, 5.41) is 11.0. The van der Waals surface area contributed by atoms with Crippen LogP contribution in [0.5, 0.6) is 0 Å². The number of likely N-dealkylation sites (N-methyl/N-ethyl adjacent to an activating group) is 1. The van der Waals surface area contributed by atoms with Gasteiger partial charge in [0.2, 0.25) is 0 Å². The molecule has 0 saturated carbocycles. The van der Waals surface area contributed by atoms with Gasteiger partial charge in [0, 0.05) is 56.1 Å². The van der Waals surface area contributed by atoms with E-state index in [0.717, 1.165) is 73.7 Å². The molecule has 0 aliphatic carbocycles. The third-order valence-electron chi connectivity index (χ3n) is 7.09. The van der Waals surface area contributed by atoms with E-state index >= 15 is 0 Å². The number of fused-ring (bicyclic) bond motifs is 1. The summed E-state index contributed by atoms with van der Waals surface area (Å²) in [4.78, 5) is 29.1. The van der Waals surface area contributed by atoms with Crippen molar-refractivity contribution in [2.45, 2.75) is 13.0 Å². The van der Waals surface area contributed by atoms with Crippen LogP contribution in [0.25, 0.3) is 22.0 Å². The highest BCUT2D eigenvalue weighted by Gasteiger charge is 2.18. The van der Waals surface area contributed by atoms with E-state index in [9.17, 15) is 4.79 Å². The molecular formula is C27H30N8O. The highest BCUT2D eigenvalue weighted by atomic mass is 16.1. The molecule has 2 saturated heterocycles. The number of aromatic nitrogens is 4. The van der Waals surface area contributed by atoms with Crippen LogP contribution in [0.3, 0.4) is 0 Å². The zero-order valence-electron chi connectivity index (χ0n) is 20.4. The fourth-order valence-corrected chi connectivity index (χ4v) is 4.77. The lowest BCUT2D eigenvalue weighted by Gasteiger charge is -2.33. The number of amides is 1. The van der Waals surface area contributed by atoms with Crippen LogP contribution in [0, 0.1) is 0 Å². The summed E-state index contributed by atoms with van der Waals surface area (Å²) in [6.07, 6.45) is 6.78. The second-order valence-corrected chi connectivity index (χ2v) is 9.69. The van der Waals surface area contributed by atoms with Gasteiger partial charge >= 0.3 is 0 Å². The van der Waals surface area contributed by atoms with Crippen LogP contribution >= 0.6 is 0 Å². The van der Waals surface area contributed by atoms with Gasteiger partial charge in [-0.15, -0.1) is 0 Å². The number of rotatable bonds is 6. The van der Waals surface area contributed by atoms with Crippen LogP contribution in [-0.4, -0.2) is 82.2 Å². The maximum Gasteiger partial charge on any atom is 0.276 e. The lowest BCUT2D eigenvalue weighted by Crippen LogP contribution is -2.44. The van der Waals surface area contributed by atoms with E-state index in [1.165, 1.54) is 12.0 Å². The van der Waals surface area contributed by atoms with Crippen LogP contribution < -0.4 is 10.2 Å². The predicted molar refractivity (Wildman–Crippen MR) is 141 cm³/mol. The number of carbonyl (C=O) groups is 1. The van der Waals surface area contributed by atoms with Gasteiger partial charge in [-0.1, -0.05) is 6.07 Å². The molecule has 2 N–H and O–H groups in total. The zero-order chi connectivity index (χ0) is 24.5. The Balaban J connectivity index is 1.19. The molecule has 0 unspecified atom stereocenters. The first-order valence-corrected chi connectivity index (χ1v) is 12.5. The average Bonchev–Trinajstić information content (AvgIpc) is 3.31. The number of H-pyrrole nitrogens is 1. The number of nitrogens with one attached hydrogen (secondary N) is 2. The maximum atomic E-state index is 13.1. The summed E-state index contributed by atoms with van der Waals surface area (Å²) < 4.78 is 0. The van der Waals surface area contributed by atoms with Crippen molar-refractivity contribution in [1.29, 1.82) is 0 Å². The van der Waals surface area contributed by atoms with E-state index in [1.54, 1.807) is 6.20 Å². The third-order valence-corrected chi connectivity index (χ3v) is 7.09. The second kappa shape index (κ2) is 9.67. The first-order valence-electron chi connectivity index (χ1n) is 12.5. The van der Waals surface area contributed by atoms with E-state index in [1.807, 2.05) is 42.7 Å². The van der Waals surface area contributed by atoms with Crippen molar-refractivity contribution in [3.05, 3.63) is 66.2 Å². The molecule has 184 valence electrons. The van der Waals surface area contributed by atoms with E-state index in [-0.39, 0.29) is 5.91 Å². The molecule has 2 aliphatic rings. The summed E-state index contributed by atoms with van der Waals surface area (Å²) in [6, 6.07) is 12.0. The fraction of sp³-hybridized carbons (Fsp3) is 0.333. The molecule has 1 amide bonds. The summed E-state index contributed by atoms with van der Waals surface area (Å²) in [6.45, 7) is 7.17. The van der Waals surface area contributed by atoms with Gasteiger partial charge in [-0.05, 0) is 68.0 Å². The van der Waals surface area contributed by atoms with E-state index in [0.29, 0.717) is 11.4 Å². The summed E-state index contributed by atoms with van der Waals surface area (Å²) in [5.74, 6) is 0.665. The zero-order valence-corrected chi connectivity index (χ0v) is 20.4. The third kappa shape index (κ3) is 4.67. The van der Waals surface area contributed by atoms with Gasteiger partial charge in [-0.3, -0.25) is 19.8 Å². The van der Waals surface area contributed by atoms with Gasteiger partial charge in [0.25, 0.3) is 5.91 Å². The van der Waals surface area contributed by atoms with Crippen LogP contribution in [0.1, 0.15) is 22.5 Å². The predicted octanol–water partition coefficient (Wildman–Crippen LogP) is 3.23. The molecule has 3 aromatic heterocycles. The molecule has 5 heterocycles. The molecule has 4 aromatic rings. The molecule has 2 aliphatic heterocycles. The van der Waals surface area contributed by atoms with Crippen molar-refractivity contribution >= 4 is 28.3 Å². The minimum absolute atomic E-state index is 0.266. The number of benzene rings is 1. The number of aromatic amines is 1. The monoisotopic (exact) mass is 482 g/mol. The van der Waals surface area contributed by atoms with Crippen molar-refractivity contribution in [3.8, 4) is 11.1 Å². The number of anilines is 2. The molecule has 9 heteroatoms. The van der Waals surface area contributed by atoms with Crippen molar-refractivity contribution in [2.24, 2.45) is 0 Å². The van der Waals surface area contributed by atoms with Gasteiger partial charge in [0.15, 0.2) is 5.69 Å². The van der Waals surface area contributed by atoms with E-state index < -0.39 is 0 Å². The molecule has 0 spiro atoms. The van der Waals surface area contributed by atoms with Crippen LogP contribution in [0.4, 0.5) is 11.5 Å². The molecule has 2 fully saturated rings. The molecule has 0 bridgehead atoms. The van der Waals surface area contributed by atoms with Gasteiger partial charge in [0.05, 0.1) is 17.4 Å². The first kappa shape index (κ1) is 22.6. The van der Waals surface area contributed by atoms with Crippen LogP contribution in [-0.2, 0) is 6.54 Å². The molecule has 36 heavy (non-hydrogen) atoms. The van der Waals surface area contributed by atoms with E-state index in [4.69, 9.17) is 0 Å². The average molecular weight is 483 g/mol. The molecule has 0 radical (unpaired) electrons. The van der Waals surface area contributed by atoms with Crippen LogP contribution in [0.15, 0.2) is 55.0 Å². The summed E-state index contributed by atoms with van der Waals surface area (Å²) in [5.41, 5.74) is 5.06. The normalized spacial score (nSPS) is 16.8. The highest BCUT2D eigenvalue weighted by molar-refractivity contribution is 6.11. The minimum Gasteiger partial charge on any atom is -0.354 e. The van der Waals surface area contributed by atoms with Crippen molar-refractivity contribution in [3.63, 3.8) is 0 Å². The fourth-order valence-electron chi connectivity index (χ4n) is 4.77. The minimum atomic E-state index is -0.266. The molecule has 9 nitrogen and oxygen atoms in total. The highest BCUT2D eigenvalue weighted by Crippen LogP contribution is 2.27. The Morgan fingerprint density at radius 2 is 1.83 bits per heavy atom. The molecule has 6 rings (SSSR count). The topological polar surface area (TPSA) is 93.3 Å². The molecule has 0 atom stereocenters. The smallest absolute Gasteiger partial charge is 0.276 e. The Hall–Kier alpha value is -3.82. The summed E-state index contributed by atoms with van der Waals surface area (Å²) in [7, 11) is 2.13. The number of nitrogens with zero attached hydrogens (tertiary/aromatic N) is 6. The lowest BCUT2D eigenvalue weighted by molar-refractivity contribution is 0.102. The van der Waals surface area contributed by atoms with Crippen molar-refractivity contribution < 1.29 is 4.79 Å². The first-order chi connectivity index (χ1) is 17.6. The van der Waals surface area contributed by atoms with Gasteiger partial charge in [-0.25, -0.2) is 4.98 Å². The van der Waals surface area contributed by atoms with E-state index in [2.05, 4.69) is 53.3 Å². The Labute approximate surface area is 210 Å². The Kier molecular flexibility index (Phi) is 6.08. The standard InChI is InChI=1S/C27H30N8O/c1-33-9-11-35(12-10-33)25-6-4-22(17-29-25)30-27(36)26-23-14-20(3-5-24(23)31-32-26)21-13-19(15-28-16-21)18-34-7-2-8-34/h3-6,13-17H,2,7-12,18H2,1H3,(H,30,36)(H,31,32).